The molecule has 0 bridgehead atoms. The fourth-order valence-electron chi connectivity index (χ4n) is 2.14. The summed E-state index contributed by atoms with van der Waals surface area (Å²) in [7, 11) is 0. The van der Waals surface area contributed by atoms with Gasteiger partial charge in [-0.2, -0.15) is 4.68 Å². The van der Waals surface area contributed by atoms with E-state index >= 15 is 0 Å². The molecule has 2 rings (SSSR count). The van der Waals surface area contributed by atoms with Crippen LogP contribution in [0.2, 0.25) is 0 Å². The molecular formula is C16H23N5OS. The summed E-state index contributed by atoms with van der Waals surface area (Å²) in [4.78, 5) is 12.0. The van der Waals surface area contributed by atoms with Crippen LogP contribution in [0.4, 0.5) is 0 Å². The Bertz CT molecular complexity index is 663. The van der Waals surface area contributed by atoms with Crippen molar-refractivity contribution in [1.82, 2.24) is 25.5 Å². The molecule has 0 aliphatic rings. The van der Waals surface area contributed by atoms with Crippen molar-refractivity contribution in [2.45, 2.75) is 45.8 Å². The molecule has 0 saturated carbocycles. The van der Waals surface area contributed by atoms with Gasteiger partial charge in [-0.15, -0.1) is 5.10 Å². The number of aromatic nitrogens is 4. The van der Waals surface area contributed by atoms with Gasteiger partial charge in [0, 0.05) is 6.04 Å². The Morgan fingerprint density at radius 3 is 2.52 bits per heavy atom. The molecule has 7 heteroatoms. The highest BCUT2D eigenvalue weighted by Crippen LogP contribution is 2.23. The van der Waals surface area contributed by atoms with Crippen molar-refractivity contribution in [3.8, 4) is 5.69 Å². The lowest BCUT2D eigenvalue weighted by molar-refractivity contribution is -0.119. The summed E-state index contributed by atoms with van der Waals surface area (Å²) in [6.45, 7) is 10.2. The van der Waals surface area contributed by atoms with Crippen LogP contribution in [-0.2, 0) is 4.79 Å². The number of rotatable bonds is 6. The number of carbonyl (C=O) groups is 1. The third-order valence-corrected chi connectivity index (χ3v) is 4.73. The number of para-hydroxylation sites is 1. The first kappa shape index (κ1) is 17.5. The lowest BCUT2D eigenvalue weighted by Gasteiger charge is -2.17. The van der Waals surface area contributed by atoms with E-state index in [1.165, 1.54) is 11.8 Å². The van der Waals surface area contributed by atoms with E-state index in [-0.39, 0.29) is 11.9 Å². The Hall–Kier alpha value is -1.89. The lowest BCUT2D eigenvalue weighted by atomic mass is 10.1. The van der Waals surface area contributed by atoms with E-state index in [0.717, 1.165) is 16.8 Å². The fourth-order valence-corrected chi connectivity index (χ4v) is 2.83. The number of nitrogens with one attached hydrogen (secondary N) is 1. The Morgan fingerprint density at radius 1 is 1.26 bits per heavy atom. The molecule has 1 N–H and O–H groups in total. The summed E-state index contributed by atoms with van der Waals surface area (Å²) in [6.07, 6.45) is 0. The minimum atomic E-state index is -0.00717. The molecule has 0 radical (unpaired) electrons. The van der Waals surface area contributed by atoms with Crippen LogP contribution in [-0.4, -0.2) is 37.9 Å². The van der Waals surface area contributed by atoms with E-state index in [0.29, 0.717) is 16.8 Å². The van der Waals surface area contributed by atoms with Crippen molar-refractivity contribution >= 4 is 17.7 Å². The van der Waals surface area contributed by atoms with Gasteiger partial charge in [0.2, 0.25) is 11.1 Å². The summed E-state index contributed by atoms with van der Waals surface area (Å²) in [5.41, 5.74) is 3.16. The van der Waals surface area contributed by atoms with Crippen LogP contribution in [0.5, 0.6) is 0 Å². The van der Waals surface area contributed by atoms with E-state index in [4.69, 9.17) is 0 Å². The molecule has 1 aromatic carbocycles. The Kier molecular flexibility index (Phi) is 5.76. The highest BCUT2D eigenvalue weighted by atomic mass is 32.2. The number of carbonyl (C=O) groups excluding carboxylic acids is 1. The number of tetrazole rings is 1. The van der Waals surface area contributed by atoms with E-state index in [1.807, 2.05) is 39.0 Å². The first-order valence-electron chi connectivity index (χ1n) is 7.67. The zero-order valence-electron chi connectivity index (χ0n) is 14.2. The first-order valence-corrected chi connectivity index (χ1v) is 8.65. The number of hydrogen-bond donors (Lipinski definition) is 1. The lowest BCUT2D eigenvalue weighted by Crippen LogP contribution is -2.37. The van der Waals surface area contributed by atoms with Gasteiger partial charge in [-0.05, 0) is 48.2 Å². The average molecular weight is 333 g/mol. The number of thioether (sulfide) groups is 1. The van der Waals surface area contributed by atoms with E-state index < -0.39 is 0 Å². The van der Waals surface area contributed by atoms with E-state index in [1.54, 1.807) is 4.68 Å². The summed E-state index contributed by atoms with van der Waals surface area (Å²) in [5.74, 6) is 0.693. The van der Waals surface area contributed by atoms with E-state index in [2.05, 4.69) is 34.7 Å². The van der Waals surface area contributed by atoms with Gasteiger partial charge in [0.25, 0.3) is 0 Å². The normalized spacial score (nSPS) is 12.4. The van der Waals surface area contributed by atoms with Gasteiger partial charge in [0.05, 0.1) is 11.4 Å². The van der Waals surface area contributed by atoms with Gasteiger partial charge in [-0.3, -0.25) is 4.79 Å². The average Bonchev–Trinajstić information content (AvgIpc) is 2.93. The van der Waals surface area contributed by atoms with Crippen molar-refractivity contribution in [3.63, 3.8) is 0 Å². The SMILES string of the molecule is Cc1cccc(C)c1-n1nnnc1SCC(=O)NC(C)C(C)C. The molecule has 6 nitrogen and oxygen atoms in total. The number of nitrogens with zero attached hydrogens (tertiary/aromatic N) is 4. The second-order valence-corrected chi connectivity index (χ2v) is 6.95. The zero-order chi connectivity index (χ0) is 17.0. The van der Waals surface area contributed by atoms with Crippen LogP contribution in [0.1, 0.15) is 31.9 Å². The molecule has 0 spiro atoms. The highest BCUT2D eigenvalue weighted by molar-refractivity contribution is 7.99. The van der Waals surface area contributed by atoms with Gasteiger partial charge < -0.3 is 5.32 Å². The standard InChI is InChI=1S/C16H23N5OS/c1-10(2)13(5)17-14(22)9-23-16-18-19-20-21(16)15-11(3)7-6-8-12(15)4/h6-8,10,13H,9H2,1-5H3,(H,17,22). The molecule has 0 saturated heterocycles. The second kappa shape index (κ2) is 7.59. The molecule has 0 fully saturated rings. The molecule has 1 amide bonds. The van der Waals surface area contributed by atoms with Gasteiger partial charge in [0.15, 0.2) is 0 Å². The van der Waals surface area contributed by atoms with Gasteiger partial charge in [0.1, 0.15) is 0 Å². The Labute approximate surface area is 141 Å². The maximum absolute atomic E-state index is 12.0. The largest absolute Gasteiger partial charge is 0.353 e. The molecule has 1 atom stereocenters. The third kappa shape index (κ3) is 4.31. The molecule has 1 heterocycles. The quantitative estimate of drug-likeness (QED) is 0.823. The minimum Gasteiger partial charge on any atom is -0.353 e. The molecule has 124 valence electrons. The fraction of sp³-hybridized carbons (Fsp3) is 0.500. The second-order valence-electron chi connectivity index (χ2n) is 6.00. The van der Waals surface area contributed by atoms with Crippen molar-refractivity contribution in [1.29, 1.82) is 0 Å². The van der Waals surface area contributed by atoms with Crippen molar-refractivity contribution < 1.29 is 4.79 Å². The molecule has 1 aromatic heterocycles. The van der Waals surface area contributed by atoms with E-state index in [9.17, 15) is 4.79 Å². The molecule has 1 unspecified atom stereocenters. The number of aryl methyl sites for hydroxylation is 2. The summed E-state index contributed by atoms with van der Waals surface area (Å²) in [6, 6.07) is 6.20. The highest BCUT2D eigenvalue weighted by Gasteiger charge is 2.16. The van der Waals surface area contributed by atoms with Crippen LogP contribution in [0.25, 0.3) is 5.69 Å². The molecule has 2 aromatic rings. The van der Waals surface area contributed by atoms with Crippen LogP contribution in [0.15, 0.2) is 23.4 Å². The zero-order valence-corrected chi connectivity index (χ0v) is 15.0. The molecule has 0 aliphatic heterocycles. The van der Waals surface area contributed by atoms with Crippen LogP contribution < -0.4 is 5.32 Å². The topological polar surface area (TPSA) is 72.7 Å². The molecule has 0 aliphatic carbocycles. The molecular weight excluding hydrogens is 310 g/mol. The smallest absolute Gasteiger partial charge is 0.230 e. The summed E-state index contributed by atoms with van der Waals surface area (Å²) >= 11 is 1.34. The number of benzene rings is 1. The van der Waals surface area contributed by atoms with Gasteiger partial charge in [-0.1, -0.05) is 43.8 Å². The monoisotopic (exact) mass is 333 g/mol. The van der Waals surface area contributed by atoms with Crippen LogP contribution >= 0.6 is 11.8 Å². The Morgan fingerprint density at radius 2 is 1.91 bits per heavy atom. The summed E-state index contributed by atoms with van der Waals surface area (Å²) < 4.78 is 1.70. The van der Waals surface area contributed by atoms with Gasteiger partial charge >= 0.3 is 0 Å². The van der Waals surface area contributed by atoms with Crippen molar-refractivity contribution in [2.75, 3.05) is 5.75 Å². The maximum atomic E-state index is 12.0. The predicted octanol–water partition coefficient (Wildman–Crippen LogP) is 2.53. The van der Waals surface area contributed by atoms with Gasteiger partial charge in [-0.25, -0.2) is 0 Å². The van der Waals surface area contributed by atoms with Crippen LogP contribution in [0.3, 0.4) is 0 Å². The molecule has 23 heavy (non-hydrogen) atoms. The van der Waals surface area contributed by atoms with Crippen LogP contribution in [0, 0.1) is 19.8 Å². The predicted molar refractivity (Wildman–Crippen MR) is 91.8 cm³/mol. The Balaban J connectivity index is 2.09. The third-order valence-electron chi connectivity index (χ3n) is 3.81. The van der Waals surface area contributed by atoms with Crippen molar-refractivity contribution in [3.05, 3.63) is 29.3 Å². The minimum absolute atomic E-state index is 0.00717. The first-order chi connectivity index (χ1) is 10.9. The van der Waals surface area contributed by atoms with Crippen molar-refractivity contribution in [2.24, 2.45) is 5.92 Å². The number of hydrogen-bond acceptors (Lipinski definition) is 5. The summed E-state index contributed by atoms with van der Waals surface area (Å²) in [5, 5.41) is 15.5. The maximum Gasteiger partial charge on any atom is 0.230 e. The number of amides is 1.